The topological polar surface area (TPSA) is 6.48 Å². The molecule has 0 saturated carbocycles. The number of allylic oxidation sites excluding steroid dienone is 5. The van der Waals surface area contributed by atoms with Gasteiger partial charge >= 0.3 is 0 Å². The van der Waals surface area contributed by atoms with Crippen molar-refractivity contribution in [2.45, 2.75) is 26.3 Å². The summed E-state index contributed by atoms with van der Waals surface area (Å²) in [5, 5.41) is 0. The van der Waals surface area contributed by atoms with E-state index in [9.17, 15) is 0 Å². The van der Waals surface area contributed by atoms with Gasteiger partial charge in [0.15, 0.2) is 0 Å². The number of hydrogen-bond acceptors (Lipinski definition) is 2. The molecule has 0 fully saturated rings. The third-order valence-corrected chi connectivity index (χ3v) is 8.73. The average Bonchev–Trinajstić information content (AvgIpc) is 3.28. The van der Waals surface area contributed by atoms with Crippen LogP contribution in [0.1, 0.15) is 20.3 Å². The molecule has 1 heterocycles. The van der Waals surface area contributed by atoms with Gasteiger partial charge in [-0.15, -0.1) is 0 Å². The molecule has 4 aromatic carbocycles. The molecule has 0 radical (unpaired) electrons. The molecule has 0 saturated heterocycles. The SMILES string of the molecule is CC1CC=CC2=C1N(c1ccc(-c3ccc(N(c4ccccc4)c4ccccc4)cc3)cc1)C1C=CC=CC21C. The van der Waals surface area contributed by atoms with Crippen LogP contribution in [-0.2, 0) is 0 Å². The van der Waals surface area contributed by atoms with Crippen LogP contribution in [-0.4, -0.2) is 6.04 Å². The molecule has 0 aromatic heterocycles. The molecule has 3 unspecified atom stereocenters. The van der Waals surface area contributed by atoms with Gasteiger partial charge in [-0.05, 0) is 78.6 Å². The fourth-order valence-electron chi connectivity index (χ4n) is 6.67. The Bertz CT molecular complexity index is 1590. The van der Waals surface area contributed by atoms with Gasteiger partial charge in [-0.2, -0.15) is 0 Å². The highest BCUT2D eigenvalue weighted by molar-refractivity contribution is 5.78. The maximum absolute atomic E-state index is 2.59. The minimum Gasteiger partial charge on any atom is -0.336 e. The lowest BCUT2D eigenvalue weighted by molar-refractivity contribution is 0.484. The summed E-state index contributed by atoms with van der Waals surface area (Å²) in [4.78, 5) is 4.89. The van der Waals surface area contributed by atoms with Gasteiger partial charge in [0.05, 0.1) is 6.04 Å². The summed E-state index contributed by atoms with van der Waals surface area (Å²) in [7, 11) is 0. The van der Waals surface area contributed by atoms with Gasteiger partial charge in [-0.1, -0.05) is 104 Å². The van der Waals surface area contributed by atoms with Crippen LogP contribution in [0.5, 0.6) is 0 Å². The second-order valence-electron chi connectivity index (χ2n) is 11.3. The second kappa shape index (κ2) is 9.88. The number of rotatable bonds is 5. The minimum absolute atomic E-state index is 0.00709. The first-order chi connectivity index (χ1) is 19.6. The summed E-state index contributed by atoms with van der Waals surface area (Å²) in [6.07, 6.45) is 15.0. The van der Waals surface area contributed by atoms with Crippen molar-refractivity contribution in [3.05, 3.63) is 157 Å². The quantitative estimate of drug-likeness (QED) is 0.259. The zero-order chi connectivity index (χ0) is 27.1. The molecule has 3 aliphatic rings. The Morgan fingerprint density at radius 2 is 1.27 bits per heavy atom. The number of nitrogens with zero attached hydrogens (tertiary/aromatic N) is 2. The molecule has 1 aliphatic heterocycles. The molecule has 0 N–H and O–H groups in total. The monoisotopic (exact) mass is 518 g/mol. The van der Waals surface area contributed by atoms with Gasteiger partial charge in [0.1, 0.15) is 0 Å². The lowest BCUT2D eigenvalue weighted by atomic mass is 9.73. The molecule has 7 rings (SSSR count). The van der Waals surface area contributed by atoms with Crippen LogP contribution in [0.25, 0.3) is 11.1 Å². The smallest absolute Gasteiger partial charge is 0.0652 e. The van der Waals surface area contributed by atoms with E-state index in [0.717, 1.165) is 23.5 Å². The van der Waals surface area contributed by atoms with Crippen molar-refractivity contribution in [3.63, 3.8) is 0 Å². The first kappa shape index (κ1) is 24.5. The highest BCUT2D eigenvalue weighted by Crippen LogP contribution is 2.53. The Labute approximate surface area is 237 Å². The number of anilines is 4. The zero-order valence-corrected chi connectivity index (χ0v) is 23.1. The number of para-hydroxylation sites is 2. The van der Waals surface area contributed by atoms with Crippen molar-refractivity contribution in [3.8, 4) is 11.1 Å². The highest BCUT2D eigenvalue weighted by atomic mass is 15.2. The summed E-state index contributed by atoms with van der Waals surface area (Å²) in [6, 6.07) is 39.5. The van der Waals surface area contributed by atoms with E-state index in [2.05, 4.69) is 169 Å². The van der Waals surface area contributed by atoms with E-state index in [4.69, 9.17) is 0 Å². The standard InChI is InChI=1S/C38H34N2/c1-28-12-11-17-35-37(28)40(36-18-9-10-27-38(35,36)2)34-25-21-30(22-26-34)29-19-23-33(24-20-29)39(31-13-5-3-6-14-31)32-15-7-4-8-16-32/h3-11,13-28,36H,12H2,1-2H3. The van der Waals surface area contributed by atoms with Crippen molar-refractivity contribution >= 4 is 22.7 Å². The average molecular weight is 519 g/mol. The van der Waals surface area contributed by atoms with Crippen LogP contribution in [0.3, 0.4) is 0 Å². The summed E-state index contributed by atoms with van der Waals surface area (Å²) >= 11 is 0. The predicted molar refractivity (Wildman–Crippen MR) is 169 cm³/mol. The van der Waals surface area contributed by atoms with E-state index in [1.54, 1.807) is 0 Å². The second-order valence-corrected chi connectivity index (χ2v) is 11.3. The van der Waals surface area contributed by atoms with Crippen molar-refractivity contribution < 1.29 is 0 Å². The van der Waals surface area contributed by atoms with Crippen molar-refractivity contribution in [2.75, 3.05) is 9.80 Å². The van der Waals surface area contributed by atoms with Gasteiger partial charge in [0, 0.05) is 39.8 Å². The van der Waals surface area contributed by atoms with Crippen LogP contribution < -0.4 is 9.80 Å². The Hall–Kier alpha value is -4.56. The number of benzene rings is 4. The Morgan fingerprint density at radius 3 is 1.90 bits per heavy atom. The Kier molecular flexibility index (Phi) is 6.04. The first-order valence-electron chi connectivity index (χ1n) is 14.3. The molecule has 0 amide bonds. The molecule has 2 nitrogen and oxygen atoms in total. The molecule has 0 spiro atoms. The lowest BCUT2D eigenvalue weighted by Crippen LogP contribution is -2.39. The molecule has 2 heteroatoms. The van der Waals surface area contributed by atoms with Gasteiger partial charge < -0.3 is 9.80 Å². The maximum atomic E-state index is 2.59. The fourth-order valence-corrected chi connectivity index (χ4v) is 6.67. The molecular formula is C38H34N2. The summed E-state index contributed by atoms with van der Waals surface area (Å²) in [6.45, 7) is 4.75. The van der Waals surface area contributed by atoms with Crippen LogP contribution in [0, 0.1) is 11.3 Å². The van der Waals surface area contributed by atoms with E-state index >= 15 is 0 Å². The van der Waals surface area contributed by atoms with Crippen molar-refractivity contribution in [2.24, 2.45) is 11.3 Å². The van der Waals surface area contributed by atoms with E-state index in [1.807, 2.05) is 0 Å². The van der Waals surface area contributed by atoms with Crippen LogP contribution in [0.2, 0.25) is 0 Å². The molecule has 196 valence electrons. The predicted octanol–water partition coefficient (Wildman–Crippen LogP) is 9.99. The number of fused-ring (bicyclic) bond motifs is 2. The number of hydrogen-bond donors (Lipinski definition) is 0. The van der Waals surface area contributed by atoms with Gasteiger partial charge in [-0.25, -0.2) is 0 Å². The van der Waals surface area contributed by atoms with Crippen molar-refractivity contribution in [1.82, 2.24) is 0 Å². The normalized spacial score (nSPS) is 22.8. The molecule has 3 atom stereocenters. The molecule has 2 aliphatic carbocycles. The first-order valence-corrected chi connectivity index (χ1v) is 14.3. The summed E-state index contributed by atoms with van der Waals surface area (Å²) in [5.74, 6) is 0.508. The molecule has 40 heavy (non-hydrogen) atoms. The summed E-state index contributed by atoms with van der Waals surface area (Å²) in [5.41, 5.74) is 10.1. The van der Waals surface area contributed by atoms with Crippen LogP contribution in [0.15, 0.2) is 157 Å². The molecule has 0 bridgehead atoms. The molecule has 4 aromatic rings. The largest absolute Gasteiger partial charge is 0.336 e. The lowest BCUT2D eigenvalue weighted by Gasteiger charge is -2.37. The van der Waals surface area contributed by atoms with E-state index in [-0.39, 0.29) is 5.41 Å². The van der Waals surface area contributed by atoms with Gasteiger partial charge in [-0.3, -0.25) is 0 Å². The van der Waals surface area contributed by atoms with E-state index in [0.29, 0.717) is 12.0 Å². The third-order valence-electron chi connectivity index (χ3n) is 8.73. The highest BCUT2D eigenvalue weighted by Gasteiger charge is 2.48. The van der Waals surface area contributed by atoms with E-state index in [1.165, 1.54) is 28.1 Å². The Morgan fingerprint density at radius 1 is 0.700 bits per heavy atom. The zero-order valence-electron chi connectivity index (χ0n) is 23.1. The van der Waals surface area contributed by atoms with Crippen molar-refractivity contribution in [1.29, 1.82) is 0 Å². The maximum Gasteiger partial charge on any atom is 0.0652 e. The molecular weight excluding hydrogens is 484 g/mol. The Balaban J connectivity index is 1.20. The van der Waals surface area contributed by atoms with Crippen LogP contribution >= 0.6 is 0 Å². The van der Waals surface area contributed by atoms with E-state index < -0.39 is 0 Å². The minimum atomic E-state index is 0.00709. The third kappa shape index (κ3) is 4.03. The fraction of sp³-hybridized carbons (Fsp3) is 0.158. The van der Waals surface area contributed by atoms with Gasteiger partial charge in [0.25, 0.3) is 0 Å². The van der Waals surface area contributed by atoms with Crippen LogP contribution in [0.4, 0.5) is 22.7 Å². The summed E-state index contributed by atoms with van der Waals surface area (Å²) < 4.78 is 0. The van der Waals surface area contributed by atoms with Gasteiger partial charge in [0.2, 0.25) is 0 Å².